The molecule has 0 saturated carbocycles. The second-order valence-corrected chi connectivity index (χ2v) is 3.39. The Balaban J connectivity index is 2.37. The summed E-state index contributed by atoms with van der Waals surface area (Å²) in [6.07, 6.45) is -2.19. The number of aliphatic hydroxyl groups is 1. The summed E-state index contributed by atoms with van der Waals surface area (Å²) in [5, 5.41) is 9.78. The largest absolute Gasteiger partial charge is 0.465 e. The van der Waals surface area contributed by atoms with Crippen LogP contribution in [-0.2, 0) is 23.7 Å². The van der Waals surface area contributed by atoms with Crippen LogP contribution in [0.1, 0.15) is 0 Å². The molecule has 1 rings (SSSR count). The SMILES string of the molecule is [B][C@@H]1O[C@H](COC=O)C(O)C1OCCOC. The van der Waals surface area contributed by atoms with Crippen LogP contribution in [0.5, 0.6) is 0 Å². The van der Waals surface area contributed by atoms with Gasteiger partial charge in [0.15, 0.2) is 0 Å². The van der Waals surface area contributed by atoms with Crippen molar-refractivity contribution in [2.45, 2.75) is 24.3 Å². The monoisotopic (exact) mass is 230 g/mol. The van der Waals surface area contributed by atoms with E-state index in [0.717, 1.165) is 0 Å². The number of rotatable bonds is 7. The molecule has 0 spiro atoms. The van der Waals surface area contributed by atoms with Gasteiger partial charge in [0.1, 0.15) is 32.8 Å². The molecule has 1 aliphatic rings. The van der Waals surface area contributed by atoms with E-state index in [1.54, 1.807) is 7.11 Å². The van der Waals surface area contributed by atoms with E-state index in [2.05, 4.69) is 4.74 Å². The molecule has 1 N–H and O–H groups in total. The highest BCUT2D eigenvalue weighted by atomic mass is 16.6. The highest BCUT2D eigenvalue weighted by molar-refractivity contribution is 6.11. The molecule has 1 aliphatic heterocycles. The molecular weight excluding hydrogens is 215 g/mol. The van der Waals surface area contributed by atoms with Crippen molar-refractivity contribution in [2.24, 2.45) is 0 Å². The first-order chi connectivity index (χ1) is 7.70. The van der Waals surface area contributed by atoms with E-state index in [1.807, 2.05) is 0 Å². The van der Waals surface area contributed by atoms with Gasteiger partial charge < -0.3 is 24.1 Å². The summed E-state index contributed by atoms with van der Waals surface area (Å²) in [5.41, 5.74) is 0. The fraction of sp³-hybridized carbons (Fsp3) is 0.889. The van der Waals surface area contributed by atoms with Crippen molar-refractivity contribution in [1.82, 2.24) is 0 Å². The molecule has 1 saturated heterocycles. The van der Waals surface area contributed by atoms with Crippen LogP contribution in [0.4, 0.5) is 0 Å². The van der Waals surface area contributed by atoms with E-state index in [9.17, 15) is 9.90 Å². The molecule has 7 heteroatoms. The van der Waals surface area contributed by atoms with Crippen molar-refractivity contribution in [2.75, 3.05) is 26.9 Å². The van der Waals surface area contributed by atoms with E-state index in [1.165, 1.54) is 0 Å². The number of hydrogen-bond donors (Lipinski definition) is 1. The van der Waals surface area contributed by atoms with Crippen LogP contribution in [0.2, 0.25) is 0 Å². The lowest BCUT2D eigenvalue weighted by atomic mass is 9.93. The van der Waals surface area contributed by atoms with Crippen LogP contribution >= 0.6 is 0 Å². The van der Waals surface area contributed by atoms with Crippen LogP contribution in [0.15, 0.2) is 0 Å². The molecular formula is C9H15BO6. The van der Waals surface area contributed by atoms with Crippen LogP contribution in [-0.4, -0.2) is 70.7 Å². The first-order valence-corrected chi connectivity index (χ1v) is 4.95. The summed E-state index contributed by atoms with van der Waals surface area (Å²) >= 11 is 0. The van der Waals surface area contributed by atoms with Crippen molar-refractivity contribution < 1.29 is 28.8 Å². The molecule has 0 aromatic carbocycles. The molecule has 1 heterocycles. The maximum atomic E-state index is 10.0. The zero-order valence-corrected chi connectivity index (χ0v) is 9.07. The molecule has 4 atom stereocenters. The summed E-state index contributed by atoms with van der Waals surface area (Å²) < 4.78 is 19.8. The number of hydrogen-bond acceptors (Lipinski definition) is 6. The third-order valence-electron chi connectivity index (χ3n) is 2.30. The minimum atomic E-state index is -0.910. The van der Waals surface area contributed by atoms with Gasteiger partial charge in [-0.25, -0.2) is 0 Å². The second-order valence-electron chi connectivity index (χ2n) is 3.39. The van der Waals surface area contributed by atoms with Crippen LogP contribution < -0.4 is 0 Å². The van der Waals surface area contributed by atoms with Gasteiger partial charge in [-0.1, -0.05) is 0 Å². The van der Waals surface area contributed by atoms with E-state index in [0.29, 0.717) is 19.7 Å². The highest BCUT2D eigenvalue weighted by Gasteiger charge is 2.41. The smallest absolute Gasteiger partial charge is 0.293 e. The number of ether oxygens (including phenoxy) is 4. The van der Waals surface area contributed by atoms with Crippen molar-refractivity contribution in [3.63, 3.8) is 0 Å². The van der Waals surface area contributed by atoms with Crippen LogP contribution in [0.25, 0.3) is 0 Å². The molecule has 0 bridgehead atoms. The van der Waals surface area contributed by atoms with Gasteiger partial charge in [-0.05, 0) is 0 Å². The average molecular weight is 230 g/mol. The summed E-state index contributed by atoms with van der Waals surface area (Å²) in [7, 11) is 7.17. The van der Waals surface area contributed by atoms with Gasteiger partial charge >= 0.3 is 0 Å². The molecule has 90 valence electrons. The quantitative estimate of drug-likeness (QED) is 0.324. The third kappa shape index (κ3) is 3.45. The van der Waals surface area contributed by atoms with Crippen LogP contribution in [0.3, 0.4) is 0 Å². The lowest BCUT2D eigenvalue weighted by Crippen LogP contribution is -2.37. The Bertz CT molecular complexity index is 214. The Kier molecular flexibility index (Phi) is 5.75. The zero-order valence-electron chi connectivity index (χ0n) is 9.07. The zero-order chi connectivity index (χ0) is 12.0. The fourth-order valence-corrected chi connectivity index (χ4v) is 1.50. The van der Waals surface area contributed by atoms with E-state index in [-0.39, 0.29) is 6.61 Å². The number of aliphatic hydroxyl groups excluding tert-OH is 1. The summed E-state index contributed by atoms with van der Waals surface area (Å²) in [5.74, 6) is 0. The topological polar surface area (TPSA) is 74.2 Å². The Hall–Kier alpha value is -0.625. The Labute approximate surface area is 95.2 Å². The minimum Gasteiger partial charge on any atom is -0.465 e. The lowest BCUT2D eigenvalue weighted by Gasteiger charge is -2.18. The molecule has 0 aromatic rings. The lowest BCUT2D eigenvalue weighted by molar-refractivity contribution is -0.133. The molecule has 16 heavy (non-hydrogen) atoms. The Morgan fingerprint density at radius 1 is 1.50 bits per heavy atom. The van der Waals surface area contributed by atoms with Gasteiger partial charge in [-0.2, -0.15) is 0 Å². The molecule has 0 amide bonds. The van der Waals surface area contributed by atoms with Gasteiger partial charge in [0.05, 0.1) is 13.2 Å². The fourth-order valence-electron chi connectivity index (χ4n) is 1.50. The van der Waals surface area contributed by atoms with Gasteiger partial charge in [-0.3, -0.25) is 4.79 Å². The van der Waals surface area contributed by atoms with Crippen molar-refractivity contribution in [1.29, 1.82) is 0 Å². The van der Waals surface area contributed by atoms with Gasteiger partial charge in [0.2, 0.25) is 0 Å². The number of carbonyl (C=O) groups is 1. The van der Waals surface area contributed by atoms with E-state index >= 15 is 0 Å². The summed E-state index contributed by atoms with van der Waals surface area (Å²) in [6, 6.07) is -0.730. The highest BCUT2D eigenvalue weighted by Crippen LogP contribution is 2.22. The first kappa shape index (κ1) is 13.4. The maximum absolute atomic E-state index is 10.0. The number of methoxy groups -OCH3 is 1. The van der Waals surface area contributed by atoms with Crippen molar-refractivity contribution >= 4 is 14.3 Å². The van der Waals surface area contributed by atoms with Gasteiger partial charge in [-0.15, -0.1) is 0 Å². The minimum absolute atomic E-state index is 0.0392. The van der Waals surface area contributed by atoms with Crippen molar-refractivity contribution in [3.05, 3.63) is 0 Å². The average Bonchev–Trinajstić information content (AvgIpc) is 2.54. The first-order valence-electron chi connectivity index (χ1n) is 4.95. The predicted octanol–water partition coefficient (Wildman–Crippen LogP) is -1.55. The Morgan fingerprint density at radius 2 is 2.25 bits per heavy atom. The predicted molar refractivity (Wildman–Crippen MR) is 54.1 cm³/mol. The third-order valence-corrected chi connectivity index (χ3v) is 2.30. The van der Waals surface area contributed by atoms with Crippen molar-refractivity contribution in [3.8, 4) is 0 Å². The molecule has 0 aliphatic carbocycles. The number of carbonyl (C=O) groups excluding carboxylic acids is 1. The molecule has 1 fully saturated rings. The summed E-state index contributed by atoms with van der Waals surface area (Å²) in [6.45, 7) is 0.977. The molecule has 2 unspecified atom stereocenters. The Morgan fingerprint density at radius 3 is 2.88 bits per heavy atom. The molecule has 6 nitrogen and oxygen atoms in total. The standard InChI is InChI=1S/C9H15BO6/c1-13-2-3-15-8-7(12)6(4-14-5-11)16-9(8)10/h5-9,12H,2-4H2,1H3/t6-,7?,8?,9-/m1/s1. The van der Waals surface area contributed by atoms with E-state index in [4.69, 9.17) is 22.1 Å². The normalized spacial score (nSPS) is 33.9. The molecule has 0 aromatic heterocycles. The van der Waals surface area contributed by atoms with Crippen LogP contribution in [0, 0.1) is 0 Å². The maximum Gasteiger partial charge on any atom is 0.293 e. The molecule has 2 radical (unpaired) electrons. The second kappa shape index (κ2) is 6.85. The van der Waals surface area contributed by atoms with Gasteiger partial charge in [0.25, 0.3) is 6.47 Å². The summed E-state index contributed by atoms with van der Waals surface area (Å²) in [4.78, 5) is 10.0. The van der Waals surface area contributed by atoms with E-state index < -0.39 is 24.3 Å². The van der Waals surface area contributed by atoms with Gasteiger partial charge in [0, 0.05) is 13.1 Å².